The van der Waals surface area contributed by atoms with Gasteiger partial charge in [0.2, 0.25) is 5.91 Å². The highest BCUT2D eigenvalue weighted by Crippen LogP contribution is 2.53. The molecule has 2 fully saturated rings. The van der Waals surface area contributed by atoms with E-state index < -0.39 is 29.5 Å². The first-order chi connectivity index (χ1) is 10.9. The number of halogens is 1. The van der Waals surface area contributed by atoms with Crippen LogP contribution in [-0.4, -0.2) is 35.0 Å². The summed E-state index contributed by atoms with van der Waals surface area (Å²) in [7, 11) is 0. The van der Waals surface area contributed by atoms with Crippen molar-refractivity contribution in [3.8, 4) is 0 Å². The van der Waals surface area contributed by atoms with Gasteiger partial charge in [0.05, 0.1) is 24.6 Å². The van der Waals surface area contributed by atoms with Crippen LogP contribution in [-0.2, 0) is 14.3 Å². The molecule has 3 heterocycles. The Morgan fingerprint density at radius 1 is 1.43 bits per heavy atom. The maximum Gasteiger partial charge on any atom is 0.230 e. The predicted octanol–water partition coefficient (Wildman–Crippen LogP) is 1.04. The van der Waals surface area contributed by atoms with Crippen molar-refractivity contribution in [3.05, 3.63) is 46.5 Å². The van der Waals surface area contributed by atoms with Crippen molar-refractivity contribution in [1.29, 1.82) is 0 Å². The molecule has 1 aromatic rings. The molecule has 23 heavy (non-hydrogen) atoms. The first-order valence-electron chi connectivity index (χ1n) is 7.57. The number of carboxylic acid groups (broad SMARTS) is 1. The summed E-state index contributed by atoms with van der Waals surface area (Å²) in [6.07, 6.45) is 3.06. The Balaban J connectivity index is 1.66. The standard InChI is InChI=1S/C17H16BrNO4/c1-9(10-2-4-11(18)5-3-10)19-8-17-7-6-12(23-17)13(16(21)22)14(17)15(19)20/h2-7,9,12-14H,8H2,1H3,(H,21,22)/p-1/t9-,12+,13-,14+,17-/m1/s1. The molecule has 0 N–H and O–H groups in total. The third kappa shape index (κ3) is 2.01. The van der Waals surface area contributed by atoms with Gasteiger partial charge in [0, 0.05) is 16.4 Å². The highest BCUT2D eigenvalue weighted by Gasteiger charge is 2.65. The van der Waals surface area contributed by atoms with Crippen LogP contribution < -0.4 is 5.11 Å². The number of ether oxygens (including phenoxy) is 1. The zero-order chi connectivity index (χ0) is 16.4. The van der Waals surface area contributed by atoms with E-state index in [1.54, 1.807) is 11.0 Å². The van der Waals surface area contributed by atoms with Crippen LogP contribution in [0.2, 0.25) is 0 Å². The number of carboxylic acids is 1. The molecule has 1 spiro atoms. The lowest BCUT2D eigenvalue weighted by Gasteiger charge is -2.28. The molecule has 0 aromatic heterocycles. The Morgan fingerprint density at radius 2 is 2.13 bits per heavy atom. The molecule has 6 heteroatoms. The number of carbonyl (C=O) groups excluding carboxylic acids is 2. The number of nitrogens with zero attached hydrogens (tertiary/aromatic N) is 1. The first-order valence-corrected chi connectivity index (χ1v) is 8.36. The summed E-state index contributed by atoms with van der Waals surface area (Å²) in [6, 6.07) is 7.62. The molecule has 0 saturated carbocycles. The molecule has 0 aliphatic carbocycles. The van der Waals surface area contributed by atoms with Gasteiger partial charge in [0.15, 0.2) is 0 Å². The van der Waals surface area contributed by atoms with E-state index in [1.165, 1.54) is 0 Å². The van der Waals surface area contributed by atoms with E-state index in [2.05, 4.69) is 15.9 Å². The zero-order valence-electron chi connectivity index (χ0n) is 12.4. The Labute approximate surface area is 142 Å². The Bertz CT molecular complexity index is 716. The number of aliphatic carboxylic acids is 1. The molecule has 1 aromatic carbocycles. The van der Waals surface area contributed by atoms with Crippen LogP contribution in [0.3, 0.4) is 0 Å². The lowest BCUT2D eigenvalue weighted by atomic mass is 9.77. The normalized spacial score (nSPS) is 35.7. The average molecular weight is 377 g/mol. The third-order valence-electron chi connectivity index (χ3n) is 5.22. The van der Waals surface area contributed by atoms with Crippen LogP contribution in [0.4, 0.5) is 0 Å². The fraction of sp³-hybridized carbons (Fsp3) is 0.412. The van der Waals surface area contributed by atoms with Gasteiger partial charge in [-0.15, -0.1) is 0 Å². The number of carbonyl (C=O) groups is 2. The third-order valence-corrected chi connectivity index (χ3v) is 5.75. The van der Waals surface area contributed by atoms with Gasteiger partial charge in [-0.1, -0.05) is 40.2 Å². The van der Waals surface area contributed by atoms with E-state index in [0.717, 1.165) is 10.0 Å². The largest absolute Gasteiger partial charge is 0.550 e. The SMILES string of the molecule is C[C@H](c1ccc(Br)cc1)N1C[C@@]23C=C[C@H](O2)[C@@H](C(=O)[O-])[C@H]3C1=O. The van der Waals surface area contributed by atoms with Gasteiger partial charge in [-0.05, 0) is 24.6 Å². The Kier molecular flexibility index (Phi) is 3.19. The molecule has 3 aliphatic rings. The highest BCUT2D eigenvalue weighted by molar-refractivity contribution is 9.10. The van der Waals surface area contributed by atoms with Crippen molar-refractivity contribution in [2.45, 2.75) is 24.7 Å². The number of fused-ring (bicyclic) bond motifs is 1. The van der Waals surface area contributed by atoms with Gasteiger partial charge in [-0.25, -0.2) is 0 Å². The van der Waals surface area contributed by atoms with Crippen molar-refractivity contribution >= 4 is 27.8 Å². The molecular formula is C17H15BrNO4-. The van der Waals surface area contributed by atoms with E-state index in [9.17, 15) is 14.7 Å². The molecule has 120 valence electrons. The van der Waals surface area contributed by atoms with Gasteiger partial charge in [0.1, 0.15) is 5.60 Å². The summed E-state index contributed by atoms with van der Waals surface area (Å²) in [5, 5.41) is 11.5. The molecule has 2 bridgehead atoms. The molecular weight excluding hydrogens is 362 g/mol. The summed E-state index contributed by atoms with van der Waals surface area (Å²) in [6.45, 7) is 2.33. The minimum atomic E-state index is -1.21. The number of amides is 1. The summed E-state index contributed by atoms with van der Waals surface area (Å²) in [5.74, 6) is -2.95. The van der Waals surface area contributed by atoms with Crippen LogP contribution in [0.1, 0.15) is 18.5 Å². The molecule has 0 unspecified atom stereocenters. The lowest BCUT2D eigenvalue weighted by Crippen LogP contribution is -2.45. The fourth-order valence-corrected chi connectivity index (χ4v) is 4.31. The van der Waals surface area contributed by atoms with Crippen molar-refractivity contribution in [2.75, 3.05) is 6.54 Å². The van der Waals surface area contributed by atoms with Crippen molar-refractivity contribution in [2.24, 2.45) is 11.8 Å². The van der Waals surface area contributed by atoms with Crippen LogP contribution in [0, 0.1) is 11.8 Å². The molecule has 2 saturated heterocycles. The van der Waals surface area contributed by atoms with Gasteiger partial charge in [0.25, 0.3) is 0 Å². The van der Waals surface area contributed by atoms with Crippen LogP contribution in [0.5, 0.6) is 0 Å². The van der Waals surface area contributed by atoms with E-state index in [1.807, 2.05) is 37.3 Å². The molecule has 5 atom stereocenters. The number of hydrogen-bond donors (Lipinski definition) is 0. The quantitative estimate of drug-likeness (QED) is 0.739. The molecule has 3 aliphatic heterocycles. The molecule has 0 radical (unpaired) electrons. The maximum absolute atomic E-state index is 12.9. The number of likely N-dealkylation sites (tertiary alicyclic amines) is 1. The van der Waals surface area contributed by atoms with Crippen molar-refractivity contribution in [1.82, 2.24) is 4.90 Å². The highest BCUT2D eigenvalue weighted by atomic mass is 79.9. The maximum atomic E-state index is 12.9. The van der Waals surface area contributed by atoms with Crippen LogP contribution in [0.25, 0.3) is 0 Å². The second-order valence-electron chi connectivity index (χ2n) is 6.41. The zero-order valence-corrected chi connectivity index (χ0v) is 14.0. The van der Waals surface area contributed by atoms with Crippen molar-refractivity contribution in [3.63, 3.8) is 0 Å². The minimum Gasteiger partial charge on any atom is -0.550 e. The number of benzene rings is 1. The van der Waals surface area contributed by atoms with Crippen LogP contribution in [0.15, 0.2) is 40.9 Å². The monoisotopic (exact) mass is 376 g/mol. The first kappa shape index (κ1) is 14.9. The number of rotatable bonds is 3. The second kappa shape index (κ2) is 4.92. The second-order valence-corrected chi connectivity index (χ2v) is 7.33. The topological polar surface area (TPSA) is 69.7 Å². The smallest absolute Gasteiger partial charge is 0.230 e. The molecule has 4 rings (SSSR count). The summed E-state index contributed by atoms with van der Waals surface area (Å²) in [5.41, 5.74) is 0.192. The predicted molar refractivity (Wildman–Crippen MR) is 83.0 cm³/mol. The van der Waals surface area contributed by atoms with Gasteiger partial charge in [-0.2, -0.15) is 0 Å². The van der Waals surface area contributed by atoms with Gasteiger partial charge in [-0.3, -0.25) is 4.79 Å². The van der Waals surface area contributed by atoms with E-state index in [4.69, 9.17) is 4.74 Å². The van der Waals surface area contributed by atoms with Gasteiger partial charge < -0.3 is 19.5 Å². The minimum absolute atomic E-state index is 0.144. The lowest BCUT2D eigenvalue weighted by molar-refractivity contribution is -0.313. The Hall–Kier alpha value is -1.66. The Morgan fingerprint density at radius 3 is 2.78 bits per heavy atom. The molecule has 5 nitrogen and oxygen atoms in total. The van der Waals surface area contributed by atoms with E-state index in [-0.39, 0.29) is 11.9 Å². The number of hydrogen-bond acceptors (Lipinski definition) is 4. The van der Waals surface area contributed by atoms with Crippen LogP contribution >= 0.6 is 15.9 Å². The summed E-state index contributed by atoms with van der Waals surface area (Å²) < 4.78 is 6.83. The molecule has 1 amide bonds. The summed E-state index contributed by atoms with van der Waals surface area (Å²) in [4.78, 5) is 26.1. The van der Waals surface area contributed by atoms with E-state index in [0.29, 0.717) is 6.54 Å². The summed E-state index contributed by atoms with van der Waals surface area (Å²) >= 11 is 3.40. The fourth-order valence-electron chi connectivity index (χ4n) is 4.05. The van der Waals surface area contributed by atoms with E-state index >= 15 is 0 Å². The van der Waals surface area contributed by atoms with Gasteiger partial charge >= 0.3 is 0 Å². The average Bonchev–Trinajstić information content (AvgIpc) is 3.15. The van der Waals surface area contributed by atoms with Crippen molar-refractivity contribution < 1.29 is 19.4 Å².